The van der Waals surface area contributed by atoms with Crippen molar-refractivity contribution in [3.05, 3.63) is 199 Å². The molecule has 0 saturated heterocycles. The number of nitrogens with one attached hydrogen (secondary N) is 2. The van der Waals surface area contributed by atoms with E-state index in [1.807, 2.05) is 0 Å². The van der Waals surface area contributed by atoms with Crippen molar-refractivity contribution in [2.75, 3.05) is 0 Å². The standard InChI is InChI=1S/C48H34N2O/c1-4-14-31(15-5-1)36-26-27-40(39-23-13-12-22-38(36)39)42-28-35(29-43-41-25-24-32-16-10-11-21-37(32)46(41)51-47(42)43)48-49-44(33-17-6-2-7-18-33)30-45(50-48)34-19-8-3-9-20-34/h1-30,44,48-50H. The minimum Gasteiger partial charge on any atom is -0.455 e. The molecule has 51 heavy (non-hydrogen) atoms. The molecule has 242 valence electrons. The van der Waals surface area contributed by atoms with Crippen LogP contribution in [0.25, 0.3) is 71.4 Å². The van der Waals surface area contributed by atoms with Gasteiger partial charge in [0.15, 0.2) is 0 Å². The van der Waals surface area contributed by atoms with Crippen molar-refractivity contribution in [2.45, 2.75) is 12.2 Å². The average Bonchev–Trinajstić information content (AvgIpc) is 3.60. The number of rotatable bonds is 5. The van der Waals surface area contributed by atoms with Gasteiger partial charge in [-0.15, -0.1) is 0 Å². The highest BCUT2D eigenvalue weighted by atomic mass is 16.3. The Bertz CT molecular complexity index is 2750. The van der Waals surface area contributed by atoms with Crippen LogP contribution in [0.15, 0.2) is 186 Å². The van der Waals surface area contributed by atoms with E-state index in [2.05, 4.69) is 193 Å². The highest BCUT2D eigenvalue weighted by Crippen LogP contribution is 2.44. The SMILES string of the molecule is C1=C(c2ccccc2)NC(c2cc(-c3ccc(-c4ccccc4)c4ccccc34)c3oc4c5ccccc5ccc4c3c2)NC1c1ccccc1. The largest absolute Gasteiger partial charge is 0.455 e. The Morgan fingerprint density at radius 3 is 1.80 bits per heavy atom. The summed E-state index contributed by atoms with van der Waals surface area (Å²) in [6, 6.07) is 62.8. The first-order valence-electron chi connectivity index (χ1n) is 17.6. The molecule has 0 fully saturated rings. The summed E-state index contributed by atoms with van der Waals surface area (Å²) in [4.78, 5) is 0. The van der Waals surface area contributed by atoms with E-state index in [4.69, 9.17) is 4.42 Å². The van der Waals surface area contributed by atoms with Gasteiger partial charge in [0.25, 0.3) is 0 Å². The van der Waals surface area contributed by atoms with E-state index < -0.39 is 0 Å². The molecule has 0 radical (unpaired) electrons. The Kier molecular flexibility index (Phi) is 7.04. The van der Waals surface area contributed by atoms with Crippen LogP contribution < -0.4 is 10.6 Å². The highest BCUT2D eigenvalue weighted by Gasteiger charge is 2.27. The van der Waals surface area contributed by atoms with Gasteiger partial charge in [-0.05, 0) is 73.8 Å². The first kappa shape index (κ1) is 29.5. The number of hydrogen-bond acceptors (Lipinski definition) is 3. The molecule has 2 N–H and O–H groups in total. The molecule has 0 spiro atoms. The predicted octanol–water partition coefficient (Wildman–Crippen LogP) is 12.2. The lowest BCUT2D eigenvalue weighted by Gasteiger charge is -2.33. The molecular weight excluding hydrogens is 621 g/mol. The van der Waals surface area contributed by atoms with Crippen LogP contribution in [0.3, 0.4) is 0 Å². The predicted molar refractivity (Wildman–Crippen MR) is 212 cm³/mol. The molecular formula is C48H34N2O. The Balaban J connectivity index is 1.22. The number of fused-ring (bicyclic) bond motifs is 6. The molecule has 0 saturated carbocycles. The quantitative estimate of drug-likeness (QED) is 0.194. The average molecular weight is 655 g/mol. The zero-order valence-electron chi connectivity index (χ0n) is 27.9. The summed E-state index contributed by atoms with van der Waals surface area (Å²) < 4.78 is 6.99. The van der Waals surface area contributed by atoms with Crippen molar-refractivity contribution in [3.8, 4) is 22.3 Å². The molecule has 2 atom stereocenters. The van der Waals surface area contributed by atoms with Crippen LogP contribution in [-0.2, 0) is 0 Å². The molecule has 10 rings (SSSR count). The summed E-state index contributed by atoms with van der Waals surface area (Å²) in [5.74, 6) is 0. The monoisotopic (exact) mass is 654 g/mol. The fourth-order valence-electron chi connectivity index (χ4n) is 7.87. The maximum absolute atomic E-state index is 6.99. The number of furan rings is 1. The summed E-state index contributed by atoms with van der Waals surface area (Å²) in [5.41, 5.74) is 11.1. The van der Waals surface area contributed by atoms with Crippen LogP contribution >= 0.6 is 0 Å². The Hall–Kier alpha value is -6.42. The molecule has 3 heteroatoms. The molecule has 1 aromatic heterocycles. The summed E-state index contributed by atoms with van der Waals surface area (Å²) >= 11 is 0. The summed E-state index contributed by atoms with van der Waals surface area (Å²) in [5, 5.41) is 14.8. The van der Waals surface area contributed by atoms with Gasteiger partial charge in [0.1, 0.15) is 17.3 Å². The van der Waals surface area contributed by atoms with Gasteiger partial charge in [0.05, 0.1) is 6.04 Å². The van der Waals surface area contributed by atoms with E-state index in [1.54, 1.807) is 0 Å². The lowest BCUT2D eigenvalue weighted by atomic mass is 9.90. The van der Waals surface area contributed by atoms with Gasteiger partial charge in [-0.3, -0.25) is 5.32 Å². The van der Waals surface area contributed by atoms with Gasteiger partial charge in [0.2, 0.25) is 0 Å². The van der Waals surface area contributed by atoms with E-state index in [9.17, 15) is 0 Å². The van der Waals surface area contributed by atoms with Crippen LogP contribution in [0.5, 0.6) is 0 Å². The van der Waals surface area contributed by atoms with Gasteiger partial charge in [-0.25, -0.2) is 0 Å². The summed E-state index contributed by atoms with van der Waals surface area (Å²) in [6.45, 7) is 0. The second kappa shape index (κ2) is 12.2. The van der Waals surface area contributed by atoms with Crippen LogP contribution in [0.4, 0.5) is 0 Å². The van der Waals surface area contributed by atoms with Gasteiger partial charge in [0, 0.05) is 27.4 Å². The molecule has 0 aliphatic carbocycles. The molecule has 1 aliphatic rings. The Labute approximate surface area is 296 Å². The second-order valence-electron chi connectivity index (χ2n) is 13.4. The van der Waals surface area contributed by atoms with Crippen molar-refractivity contribution in [1.29, 1.82) is 0 Å². The van der Waals surface area contributed by atoms with Crippen LogP contribution in [0.1, 0.15) is 28.9 Å². The summed E-state index contributed by atoms with van der Waals surface area (Å²) in [7, 11) is 0. The Morgan fingerprint density at radius 1 is 0.412 bits per heavy atom. The van der Waals surface area contributed by atoms with Gasteiger partial charge < -0.3 is 9.73 Å². The molecule has 1 aliphatic heterocycles. The van der Waals surface area contributed by atoms with Gasteiger partial charge in [-0.2, -0.15) is 0 Å². The van der Waals surface area contributed by atoms with E-state index >= 15 is 0 Å². The van der Waals surface area contributed by atoms with Gasteiger partial charge >= 0.3 is 0 Å². The fourth-order valence-corrected chi connectivity index (χ4v) is 7.87. The third-order valence-electron chi connectivity index (χ3n) is 10.3. The molecule has 2 heterocycles. The fraction of sp³-hybridized carbons (Fsp3) is 0.0417. The van der Waals surface area contributed by atoms with E-state index in [1.165, 1.54) is 32.8 Å². The maximum Gasteiger partial charge on any atom is 0.143 e. The minimum absolute atomic E-state index is 0.0165. The normalized spacial score (nSPS) is 16.0. The maximum atomic E-state index is 6.99. The first-order chi connectivity index (χ1) is 25.3. The van der Waals surface area contributed by atoms with Gasteiger partial charge in [-0.1, -0.05) is 158 Å². The number of benzene rings is 8. The lowest BCUT2D eigenvalue weighted by Crippen LogP contribution is -2.39. The van der Waals surface area contributed by atoms with E-state index in [-0.39, 0.29) is 12.2 Å². The van der Waals surface area contributed by atoms with Crippen molar-refractivity contribution < 1.29 is 4.42 Å². The van der Waals surface area contributed by atoms with Crippen molar-refractivity contribution >= 4 is 49.2 Å². The zero-order valence-corrected chi connectivity index (χ0v) is 27.9. The second-order valence-corrected chi connectivity index (χ2v) is 13.4. The van der Waals surface area contributed by atoms with Crippen molar-refractivity contribution in [2.24, 2.45) is 0 Å². The smallest absolute Gasteiger partial charge is 0.143 e. The van der Waals surface area contributed by atoms with E-state index in [0.717, 1.165) is 55.3 Å². The molecule has 3 nitrogen and oxygen atoms in total. The summed E-state index contributed by atoms with van der Waals surface area (Å²) in [6.07, 6.45) is 2.13. The molecule has 0 amide bonds. The lowest BCUT2D eigenvalue weighted by molar-refractivity contribution is 0.443. The zero-order chi connectivity index (χ0) is 33.7. The molecule has 9 aromatic rings. The van der Waals surface area contributed by atoms with Crippen LogP contribution in [0, 0.1) is 0 Å². The van der Waals surface area contributed by atoms with Crippen LogP contribution in [0.2, 0.25) is 0 Å². The Morgan fingerprint density at radius 2 is 1.04 bits per heavy atom. The topological polar surface area (TPSA) is 37.2 Å². The van der Waals surface area contributed by atoms with Crippen molar-refractivity contribution in [3.63, 3.8) is 0 Å². The third kappa shape index (κ3) is 5.10. The first-order valence-corrected chi connectivity index (χ1v) is 17.6. The van der Waals surface area contributed by atoms with Crippen LogP contribution in [-0.4, -0.2) is 0 Å². The van der Waals surface area contributed by atoms with Crippen molar-refractivity contribution in [1.82, 2.24) is 10.6 Å². The molecule has 2 unspecified atom stereocenters. The molecule has 0 bridgehead atoms. The highest BCUT2D eigenvalue weighted by molar-refractivity contribution is 6.19. The minimum atomic E-state index is -0.168. The third-order valence-corrected chi connectivity index (χ3v) is 10.3. The van der Waals surface area contributed by atoms with E-state index in [0.29, 0.717) is 0 Å². The molecule has 8 aromatic carbocycles. The number of hydrogen-bond donors (Lipinski definition) is 2.